The summed E-state index contributed by atoms with van der Waals surface area (Å²) < 4.78 is 27.0. The van der Waals surface area contributed by atoms with Gasteiger partial charge in [0.05, 0.1) is 35.6 Å². The van der Waals surface area contributed by atoms with Crippen LogP contribution in [0.4, 0.5) is 15.8 Å². The molecule has 306 valence electrons. The van der Waals surface area contributed by atoms with Crippen LogP contribution in [0.3, 0.4) is 0 Å². The highest BCUT2D eigenvalue weighted by Gasteiger charge is 2.29. The summed E-state index contributed by atoms with van der Waals surface area (Å²) in [6, 6.07) is 17.3. The molecule has 0 spiro atoms. The molecule has 1 aliphatic heterocycles. The number of hydrogen-bond acceptors (Lipinski definition) is 10. The molecule has 6 rings (SSSR count). The number of carbonyl (C=O) groups is 2. The molecule has 58 heavy (non-hydrogen) atoms. The smallest absolute Gasteiger partial charge is 0.306 e. The lowest BCUT2D eigenvalue weighted by atomic mass is 9.85. The Kier molecular flexibility index (Phi) is 13.6. The molecule has 1 atom stereocenters. The zero-order valence-corrected chi connectivity index (χ0v) is 33.5. The normalized spacial score (nSPS) is 17.8. The lowest BCUT2D eigenvalue weighted by Crippen LogP contribution is -2.36. The number of carboxylic acid groups (broad SMARTS) is 1. The van der Waals surface area contributed by atoms with Gasteiger partial charge in [-0.05, 0) is 74.5 Å². The van der Waals surface area contributed by atoms with E-state index < -0.39 is 16.7 Å². The lowest BCUT2D eigenvalue weighted by Gasteiger charge is -2.33. The number of hydrogen-bond donors (Lipinski definition) is 5. The Labute approximate surface area is 341 Å². The number of aliphatic carboxylic acids is 1. The minimum atomic E-state index is -0.768. The molecule has 1 aliphatic carbocycles. The first-order chi connectivity index (χ1) is 27.9. The number of benzene rings is 4. The molecule has 0 radical (unpaired) electrons. The quantitative estimate of drug-likeness (QED) is 0.0401. The molecule has 4 aromatic rings. The van der Waals surface area contributed by atoms with Crippen LogP contribution in [0.1, 0.15) is 60.8 Å². The van der Waals surface area contributed by atoms with Gasteiger partial charge < -0.3 is 35.9 Å². The van der Waals surface area contributed by atoms with Gasteiger partial charge in [-0.1, -0.05) is 41.9 Å². The minimum absolute atomic E-state index is 0.000909. The average molecular weight is 815 g/mol. The zero-order valence-electron chi connectivity index (χ0n) is 32.7. The third kappa shape index (κ3) is 9.41. The predicted octanol–water partition coefficient (Wildman–Crippen LogP) is 7.79. The number of amides is 1. The van der Waals surface area contributed by atoms with Crippen LogP contribution in [0.15, 0.2) is 60.7 Å². The Bertz CT molecular complexity index is 2200. The number of ether oxygens (including phenoxy) is 2. The minimum Gasteiger partial charge on any atom is -0.496 e. The van der Waals surface area contributed by atoms with Crippen LogP contribution in [0.2, 0.25) is 5.02 Å². The molecule has 1 amide bonds. The summed E-state index contributed by atoms with van der Waals surface area (Å²) in [7, 11) is 4.93. The number of carbonyl (C=O) groups excluding carboxylic acids is 1. The van der Waals surface area contributed by atoms with Crippen LogP contribution in [0.25, 0.3) is 22.3 Å². The second-order valence-electron chi connectivity index (χ2n) is 14.8. The van der Waals surface area contributed by atoms with Crippen molar-refractivity contribution in [3.8, 4) is 33.8 Å². The Morgan fingerprint density at radius 1 is 1.02 bits per heavy atom. The molecular weight excluding hydrogens is 767 g/mol. The Morgan fingerprint density at radius 3 is 2.38 bits per heavy atom. The van der Waals surface area contributed by atoms with Crippen molar-refractivity contribution in [3.05, 3.63) is 104 Å². The van der Waals surface area contributed by atoms with Gasteiger partial charge in [0.25, 0.3) is 5.69 Å². The fourth-order valence-corrected chi connectivity index (χ4v) is 8.36. The zero-order chi connectivity index (χ0) is 41.5. The SMILES string of the molecule is COc1cc(CNc2cccc(-c3cccc(-c4cc(F)c(CNCC5CCC(=O)N5)c(OC)c4)c3Cl)c2C=N)c([N+](=O)[O-])cc1CN(C)C1CCC(C(=O)O)CC1. The number of halogens is 2. The van der Waals surface area contributed by atoms with E-state index in [1.54, 1.807) is 36.4 Å². The lowest BCUT2D eigenvalue weighted by molar-refractivity contribution is -0.385. The van der Waals surface area contributed by atoms with E-state index >= 15 is 4.39 Å². The molecule has 13 nitrogen and oxygen atoms in total. The number of nitrogens with one attached hydrogen (secondary N) is 4. The highest BCUT2D eigenvalue weighted by Crippen LogP contribution is 2.41. The number of nitrogens with zero attached hydrogens (tertiary/aromatic N) is 2. The maximum atomic E-state index is 15.7. The van der Waals surface area contributed by atoms with Crippen molar-refractivity contribution in [2.24, 2.45) is 5.92 Å². The Morgan fingerprint density at radius 2 is 1.72 bits per heavy atom. The summed E-state index contributed by atoms with van der Waals surface area (Å²) in [4.78, 5) is 37.0. The molecule has 2 fully saturated rings. The first-order valence-corrected chi connectivity index (χ1v) is 19.6. The highest BCUT2D eigenvalue weighted by atomic mass is 35.5. The van der Waals surface area contributed by atoms with Gasteiger partial charge in [0, 0.05) is 90.5 Å². The number of methoxy groups -OCH3 is 2. The first-order valence-electron chi connectivity index (χ1n) is 19.2. The van der Waals surface area contributed by atoms with Gasteiger partial charge in [-0.15, -0.1) is 0 Å². The van der Waals surface area contributed by atoms with E-state index in [-0.39, 0.29) is 42.7 Å². The fraction of sp³-hybridized carbons (Fsp3) is 0.372. The van der Waals surface area contributed by atoms with Gasteiger partial charge in [-0.3, -0.25) is 24.6 Å². The van der Waals surface area contributed by atoms with Gasteiger partial charge >= 0.3 is 5.97 Å². The van der Waals surface area contributed by atoms with E-state index in [4.69, 9.17) is 26.5 Å². The van der Waals surface area contributed by atoms with Crippen LogP contribution in [0.5, 0.6) is 11.5 Å². The summed E-state index contributed by atoms with van der Waals surface area (Å²) in [5.41, 5.74) is 4.63. The number of nitro benzene ring substituents is 1. The van der Waals surface area contributed by atoms with Crippen molar-refractivity contribution < 1.29 is 33.5 Å². The highest BCUT2D eigenvalue weighted by molar-refractivity contribution is 6.36. The van der Waals surface area contributed by atoms with Gasteiger partial charge in [0.2, 0.25) is 5.91 Å². The second kappa shape index (κ2) is 18.8. The van der Waals surface area contributed by atoms with E-state index in [0.717, 1.165) is 19.3 Å². The van der Waals surface area contributed by atoms with Gasteiger partial charge in [-0.25, -0.2) is 4.39 Å². The van der Waals surface area contributed by atoms with Crippen molar-refractivity contribution >= 4 is 41.1 Å². The van der Waals surface area contributed by atoms with Crippen molar-refractivity contribution in [1.29, 1.82) is 5.41 Å². The molecule has 15 heteroatoms. The van der Waals surface area contributed by atoms with E-state index in [0.29, 0.717) is 99.1 Å². The standard InChI is InChI=1S/C43H48ClFN6O7/c1-50(30-13-10-25(11-14-30)43(53)54)24-28-17-38(51(55)56)27(19-39(28)57-2)21-48-37-9-5-7-32(34(37)20-46)33-8-4-6-31(42(33)44)26-16-36(45)35(40(18-26)58-3)23-47-22-29-12-15-41(52)49-29/h4-9,16-20,25,29-30,46-48H,10-15,21-24H2,1-3H3,(H,49,52)(H,53,54). The largest absolute Gasteiger partial charge is 0.496 e. The van der Waals surface area contributed by atoms with Crippen LogP contribution in [-0.2, 0) is 29.2 Å². The molecule has 0 bridgehead atoms. The number of nitro groups is 1. The topological polar surface area (TPSA) is 179 Å². The number of rotatable bonds is 17. The Balaban J connectivity index is 1.22. The van der Waals surface area contributed by atoms with E-state index in [1.165, 1.54) is 32.6 Å². The third-order valence-corrected chi connectivity index (χ3v) is 11.6. The van der Waals surface area contributed by atoms with Crippen LogP contribution < -0.4 is 25.4 Å². The fourth-order valence-electron chi connectivity index (χ4n) is 8.03. The second-order valence-corrected chi connectivity index (χ2v) is 15.2. The van der Waals surface area contributed by atoms with E-state index in [1.807, 2.05) is 19.2 Å². The van der Waals surface area contributed by atoms with Gasteiger partial charge in [-0.2, -0.15) is 0 Å². The molecule has 1 heterocycles. The van der Waals surface area contributed by atoms with Crippen molar-refractivity contribution in [3.63, 3.8) is 0 Å². The molecule has 4 aromatic carbocycles. The van der Waals surface area contributed by atoms with Crippen LogP contribution in [0, 0.1) is 27.3 Å². The summed E-state index contributed by atoms with van der Waals surface area (Å²) >= 11 is 7.07. The predicted molar refractivity (Wildman–Crippen MR) is 221 cm³/mol. The average Bonchev–Trinajstić information content (AvgIpc) is 3.64. The molecular formula is C43H48ClFN6O7. The van der Waals surface area contributed by atoms with Gasteiger partial charge in [0.1, 0.15) is 17.3 Å². The third-order valence-electron chi connectivity index (χ3n) is 11.2. The van der Waals surface area contributed by atoms with Crippen molar-refractivity contribution in [2.45, 2.75) is 70.2 Å². The summed E-state index contributed by atoms with van der Waals surface area (Å²) in [5, 5.41) is 39.9. The van der Waals surface area contributed by atoms with Crippen LogP contribution in [-0.4, -0.2) is 72.9 Å². The molecule has 1 saturated heterocycles. The summed E-state index contributed by atoms with van der Waals surface area (Å²) in [6.07, 6.45) is 5.05. The number of carboxylic acids is 1. The molecule has 2 aliphatic rings. The summed E-state index contributed by atoms with van der Waals surface area (Å²) in [5.74, 6) is -0.729. The summed E-state index contributed by atoms with van der Waals surface area (Å²) in [6.45, 7) is 1.15. The molecule has 0 aromatic heterocycles. The van der Waals surface area contributed by atoms with Crippen LogP contribution >= 0.6 is 11.6 Å². The maximum Gasteiger partial charge on any atom is 0.306 e. The first kappa shape index (κ1) is 42.0. The van der Waals surface area contributed by atoms with E-state index in [9.17, 15) is 24.8 Å². The van der Waals surface area contributed by atoms with Crippen molar-refractivity contribution in [2.75, 3.05) is 33.1 Å². The molecule has 1 unspecified atom stereocenters. The van der Waals surface area contributed by atoms with Crippen molar-refractivity contribution in [1.82, 2.24) is 15.5 Å². The Hall–Kier alpha value is -5.57. The van der Waals surface area contributed by atoms with Gasteiger partial charge in [0.15, 0.2) is 0 Å². The monoisotopic (exact) mass is 814 g/mol. The molecule has 1 saturated carbocycles. The van der Waals surface area contributed by atoms with E-state index in [2.05, 4.69) is 20.9 Å². The molecule has 5 N–H and O–H groups in total. The maximum absolute atomic E-state index is 15.7. The number of anilines is 1.